The van der Waals surface area contributed by atoms with E-state index >= 15 is 0 Å². The molecule has 0 heterocycles. The Balaban J connectivity index is 2.28. The van der Waals surface area contributed by atoms with Gasteiger partial charge in [0.15, 0.2) is 0 Å². The minimum atomic E-state index is -0.256. The van der Waals surface area contributed by atoms with E-state index < -0.39 is 0 Å². The molecule has 1 saturated carbocycles. The molecule has 0 saturated heterocycles. The summed E-state index contributed by atoms with van der Waals surface area (Å²) in [5, 5.41) is 12.7. The van der Waals surface area contributed by atoms with Crippen molar-refractivity contribution in [3.05, 3.63) is 47.5 Å². The summed E-state index contributed by atoms with van der Waals surface area (Å²) in [6.45, 7) is 4.07. The Bertz CT molecular complexity index is 565. The summed E-state index contributed by atoms with van der Waals surface area (Å²) in [6.07, 6.45) is 1.96. The molecule has 2 aromatic carbocycles. The van der Waals surface area contributed by atoms with Crippen molar-refractivity contribution >= 4 is 10.8 Å². The van der Waals surface area contributed by atoms with Gasteiger partial charge in [0.1, 0.15) is 0 Å². The van der Waals surface area contributed by atoms with Crippen LogP contribution in [0.2, 0.25) is 0 Å². The highest BCUT2D eigenvalue weighted by molar-refractivity contribution is 5.89. The standard InChI is InChI=1S/C16H18O/c1-11-7-8-15(16(9-10-16)12(2)17)14-6-4-3-5-13(11)14/h3-8,12,17H,9-10H2,1-2H3. The van der Waals surface area contributed by atoms with Crippen LogP contribution in [-0.2, 0) is 5.41 Å². The van der Waals surface area contributed by atoms with Crippen molar-refractivity contribution < 1.29 is 5.11 Å². The minimum Gasteiger partial charge on any atom is -0.392 e. The molecule has 0 radical (unpaired) electrons. The van der Waals surface area contributed by atoms with Crippen LogP contribution in [0.1, 0.15) is 30.9 Å². The maximum absolute atomic E-state index is 10.0. The van der Waals surface area contributed by atoms with E-state index in [9.17, 15) is 5.11 Å². The van der Waals surface area contributed by atoms with Gasteiger partial charge in [-0.2, -0.15) is 0 Å². The van der Waals surface area contributed by atoms with Crippen molar-refractivity contribution in [2.45, 2.75) is 38.2 Å². The molecule has 0 aromatic heterocycles. The fourth-order valence-electron chi connectivity index (χ4n) is 2.93. The molecule has 1 aliphatic carbocycles. The lowest BCUT2D eigenvalue weighted by Gasteiger charge is -2.21. The van der Waals surface area contributed by atoms with Gasteiger partial charge in [-0.25, -0.2) is 0 Å². The van der Waals surface area contributed by atoms with Gasteiger partial charge < -0.3 is 5.11 Å². The molecule has 17 heavy (non-hydrogen) atoms. The maximum atomic E-state index is 10.0. The third kappa shape index (κ3) is 1.49. The second-order valence-corrected chi connectivity index (χ2v) is 5.31. The van der Waals surface area contributed by atoms with Crippen molar-refractivity contribution in [2.24, 2.45) is 0 Å². The van der Waals surface area contributed by atoms with Crippen molar-refractivity contribution in [2.75, 3.05) is 0 Å². The molecule has 2 aromatic rings. The average molecular weight is 226 g/mol. The molecular weight excluding hydrogens is 208 g/mol. The van der Waals surface area contributed by atoms with Crippen LogP contribution >= 0.6 is 0 Å². The van der Waals surface area contributed by atoms with E-state index in [-0.39, 0.29) is 11.5 Å². The zero-order chi connectivity index (χ0) is 12.0. The van der Waals surface area contributed by atoms with E-state index in [2.05, 4.69) is 43.3 Å². The second-order valence-electron chi connectivity index (χ2n) is 5.31. The normalized spacial score (nSPS) is 19.2. The van der Waals surface area contributed by atoms with Gasteiger partial charge in [0.05, 0.1) is 6.10 Å². The monoisotopic (exact) mass is 226 g/mol. The Kier molecular flexibility index (Phi) is 2.27. The Morgan fingerprint density at radius 1 is 1.06 bits per heavy atom. The zero-order valence-electron chi connectivity index (χ0n) is 10.4. The molecule has 1 N–H and O–H groups in total. The van der Waals surface area contributed by atoms with E-state index in [1.54, 1.807) is 0 Å². The van der Waals surface area contributed by atoms with E-state index in [1.807, 2.05) is 6.92 Å². The summed E-state index contributed by atoms with van der Waals surface area (Å²) in [4.78, 5) is 0. The van der Waals surface area contributed by atoms with Gasteiger partial charge in [-0.05, 0) is 48.6 Å². The molecule has 0 bridgehead atoms. The molecular formula is C16H18O. The number of aliphatic hydroxyl groups excluding tert-OH is 1. The average Bonchev–Trinajstić information content (AvgIpc) is 3.11. The number of hydrogen-bond donors (Lipinski definition) is 1. The molecule has 88 valence electrons. The Hall–Kier alpha value is -1.34. The molecule has 1 fully saturated rings. The van der Waals surface area contributed by atoms with Crippen LogP contribution in [0.4, 0.5) is 0 Å². The third-order valence-corrected chi connectivity index (χ3v) is 4.27. The van der Waals surface area contributed by atoms with E-state index in [1.165, 1.54) is 21.9 Å². The minimum absolute atomic E-state index is 0.0211. The molecule has 1 unspecified atom stereocenters. The number of rotatable bonds is 2. The van der Waals surface area contributed by atoms with Crippen LogP contribution in [0.5, 0.6) is 0 Å². The molecule has 1 atom stereocenters. The second kappa shape index (κ2) is 3.58. The van der Waals surface area contributed by atoms with Gasteiger partial charge in [0.25, 0.3) is 0 Å². The van der Waals surface area contributed by atoms with Gasteiger partial charge in [-0.3, -0.25) is 0 Å². The van der Waals surface area contributed by atoms with Crippen LogP contribution in [0.3, 0.4) is 0 Å². The molecule has 0 aliphatic heterocycles. The highest BCUT2D eigenvalue weighted by Gasteiger charge is 2.49. The van der Waals surface area contributed by atoms with E-state index in [0.717, 1.165) is 12.8 Å². The first-order chi connectivity index (χ1) is 8.15. The van der Waals surface area contributed by atoms with Crippen LogP contribution in [0.25, 0.3) is 10.8 Å². The van der Waals surface area contributed by atoms with E-state index in [0.29, 0.717) is 0 Å². The van der Waals surface area contributed by atoms with Crippen LogP contribution in [0, 0.1) is 6.92 Å². The highest BCUT2D eigenvalue weighted by atomic mass is 16.3. The van der Waals surface area contributed by atoms with E-state index in [4.69, 9.17) is 0 Å². The van der Waals surface area contributed by atoms with Crippen molar-refractivity contribution in [3.8, 4) is 0 Å². The number of aryl methyl sites for hydroxylation is 1. The first-order valence-corrected chi connectivity index (χ1v) is 6.32. The number of aliphatic hydroxyl groups is 1. The lowest BCUT2D eigenvalue weighted by Crippen LogP contribution is -2.22. The lowest BCUT2D eigenvalue weighted by atomic mass is 9.86. The fraction of sp³-hybridized carbons (Fsp3) is 0.375. The topological polar surface area (TPSA) is 20.2 Å². The highest BCUT2D eigenvalue weighted by Crippen LogP contribution is 2.52. The van der Waals surface area contributed by atoms with Crippen molar-refractivity contribution in [1.82, 2.24) is 0 Å². The predicted molar refractivity (Wildman–Crippen MR) is 71.3 cm³/mol. The summed E-state index contributed by atoms with van der Waals surface area (Å²) in [7, 11) is 0. The zero-order valence-corrected chi connectivity index (χ0v) is 10.4. The fourth-order valence-corrected chi connectivity index (χ4v) is 2.93. The predicted octanol–water partition coefficient (Wildman–Crippen LogP) is 3.56. The summed E-state index contributed by atoms with van der Waals surface area (Å²) >= 11 is 0. The van der Waals surface area contributed by atoms with Crippen molar-refractivity contribution in [1.29, 1.82) is 0 Å². The van der Waals surface area contributed by atoms with Crippen LogP contribution < -0.4 is 0 Å². The summed E-state index contributed by atoms with van der Waals surface area (Å²) < 4.78 is 0. The summed E-state index contributed by atoms with van der Waals surface area (Å²) in [6, 6.07) is 12.9. The molecule has 0 spiro atoms. The smallest absolute Gasteiger partial charge is 0.0608 e. The van der Waals surface area contributed by atoms with Crippen LogP contribution in [-0.4, -0.2) is 11.2 Å². The largest absolute Gasteiger partial charge is 0.392 e. The van der Waals surface area contributed by atoms with Gasteiger partial charge in [0.2, 0.25) is 0 Å². The lowest BCUT2D eigenvalue weighted by molar-refractivity contribution is 0.151. The number of benzene rings is 2. The molecule has 3 rings (SSSR count). The Morgan fingerprint density at radius 2 is 1.71 bits per heavy atom. The molecule has 1 nitrogen and oxygen atoms in total. The van der Waals surface area contributed by atoms with Gasteiger partial charge in [-0.1, -0.05) is 36.4 Å². The van der Waals surface area contributed by atoms with Gasteiger partial charge in [0, 0.05) is 5.41 Å². The third-order valence-electron chi connectivity index (χ3n) is 4.27. The Morgan fingerprint density at radius 3 is 2.29 bits per heavy atom. The molecule has 1 heteroatoms. The summed E-state index contributed by atoms with van der Waals surface area (Å²) in [5.74, 6) is 0. The Labute approximate surface area is 102 Å². The van der Waals surface area contributed by atoms with Crippen LogP contribution in [0.15, 0.2) is 36.4 Å². The maximum Gasteiger partial charge on any atom is 0.0608 e. The quantitative estimate of drug-likeness (QED) is 0.830. The first kappa shape index (κ1) is 10.8. The molecule has 1 aliphatic rings. The first-order valence-electron chi connectivity index (χ1n) is 6.32. The van der Waals surface area contributed by atoms with Crippen molar-refractivity contribution in [3.63, 3.8) is 0 Å². The molecule has 0 amide bonds. The number of fused-ring (bicyclic) bond motifs is 1. The van der Waals surface area contributed by atoms with Gasteiger partial charge >= 0.3 is 0 Å². The SMILES string of the molecule is Cc1ccc(C2(C(C)O)CC2)c2ccccc12. The summed E-state index contributed by atoms with van der Waals surface area (Å²) in [5.41, 5.74) is 2.66. The number of hydrogen-bond acceptors (Lipinski definition) is 1. The van der Waals surface area contributed by atoms with Gasteiger partial charge in [-0.15, -0.1) is 0 Å².